The molecule has 1 aliphatic rings. The molecule has 0 aromatic heterocycles. The zero-order valence-electron chi connectivity index (χ0n) is 9.46. The van der Waals surface area contributed by atoms with Crippen LogP contribution in [0.3, 0.4) is 0 Å². The normalized spacial score (nSPS) is 19.7. The van der Waals surface area contributed by atoms with Crippen LogP contribution in [0.15, 0.2) is 24.3 Å². The lowest BCUT2D eigenvalue weighted by Gasteiger charge is -2.30. The molecule has 0 radical (unpaired) electrons. The maximum Gasteiger partial charge on any atom is 0.0661 e. The Hall–Kier alpha value is -1.02. The van der Waals surface area contributed by atoms with Gasteiger partial charge in [0, 0.05) is 5.69 Å². The highest BCUT2D eigenvalue weighted by atomic mass is 16.3. The first-order chi connectivity index (χ1) is 7.15. The summed E-state index contributed by atoms with van der Waals surface area (Å²) < 4.78 is 0. The average molecular weight is 205 g/mol. The van der Waals surface area contributed by atoms with Gasteiger partial charge in [0.2, 0.25) is 0 Å². The molecule has 1 aromatic rings. The summed E-state index contributed by atoms with van der Waals surface area (Å²) in [5.41, 5.74) is 2.23. The molecule has 0 amide bonds. The van der Waals surface area contributed by atoms with Crippen LogP contribution in [0, 0.1) is 12.8 Å². The number of nitrogens with one attached hydrogen (secondary N) is 1. The first kappa shape index (κ1) is 10.5. The number of aryl methyl sites for hydroxylation is 1. The van der Waals surface area contributed by atoms with Crippen molar-refractivity contribution in [2.45, 2.75) is 32.2 Å². The van der Waals surface area contributed by atoms with Crippen molar-refractivity contribution < 1.29 is 5.11 Å². The van der Waals surface area contributed by atoms with Gasteiger partial charge in [-0.1, -0.05) is 18.2 Å². The number of aliphatic hydroxyl groups is 1. The van der Waals surface area contributed by atoms with E-state index in [1.54, 1.807) is 0 Å². The Kier molecular flexibility index (Phi) is 2.70. The fraction of sp³-hybridized carbons (Fsp3) is 0.538. The molecule has 1 saturated carbocycles. The van der Waals surface area contributed by atoms with Crippen LogP contribution in [-0.2, 0) is 0 Å². The topological polar surface area (TPSA) is 32.3 Å². The smallest absolute Gasteiger partial charge is 0.0661 e. The van der Waals surface area contributed by atoms with Gasteiger partial charge in [-0.3, -0.25) is 0 Å². The van der Waals surface area contributed by atoms with E-state index in [0.29, 0.717) is 5.92 Å². The predicted octanol–water partition coefficient (Wildman–Crippen LogP) is 2.57. The van der Waals surface area contributed by atoms with Gasteiger partial charge < -0.3 is 10.4 Å². The molecule has 0 saturated heterocycles. The van der Waals surface area contributed by atoms with Gasteiger partial charge in [-0.15, -0.1) is 0 Å². The van der Waals surface area contributed by atoms with Crippen LogP contribution in [0.25, 0.3) is 0 Å². The third-order valence-electron chi connectivity index (χ3n) is 3.37. The fourth-order valence-corrected chi connectivity index (χ4v) is 2.01. The molecule has 2 heteroatoms. The number of benzene rings is 1. The van der Waals surface area contributed by atoms with E-state index in [-0.39, 0.29) is 12.1 Å². The van der Waals surface area contributed by atoms with Gasteiger partial charge in [-0.05, 0) is 44.2 Å². The minimum absolute atomic E-state index is 0.147. The Morgan fingerprint density at radius 3 is 2.60 bits per heavy atom. The van der Waals surface area contributed by atoms with Crippen LogP contribution in [-0.4, -0.2) is 17.3 Å². The summed E-state index contributed by atoms with van der Waals surface area (Å²) in [5.74, 6) is 0.627. The van der Waals surface area contributed by atoms with Crippen LogP contribution < -0.4 is 5.32 Å². The van der Waals surface area contributed by atoms with Crippen molar-refractivity contribution in [1.29, 1.82) is 0 Å². The standard InChI is InChI=1S/C13H19NO/c1-10-5-3-4-6-12(10)14-13(2,9-15)11-7-8-11/h3-6,11,14-15H,7-9H2,1-2H3. The Balaban J connectivity index is 2.16. The Bertz CT molecular complexity index is 346. The van der Waals surface area contributed by atoms with Crippen molar-refractivity contribution in [2.24, 2.45) is 5.92 Å². The molecule has 1 aromatic carbocycles. The van der Waals surface area contributed by atoms with Crippen LogP contribution in [0.5, 0.6) is 0 Å². The molecule has 2 N–H and O–H groups in total. The first-order valence-corrected chi connectivity index (χ1v) is 5.60. The maximum atomic E-state index is 9.49. The summed E-state index contributed by atoms with van der Waals surface area (Å²) in [6, 6.07) is 8.23. The highest BCUT2D eigenvalue weighted by Gasteiger charge is 2.41. The number of rotatable bonds is 4. The zero-order chi connectivity index (χ0) is 10.9. The summed E-state index contributed by atoms with van der Waals surface area (Å²) in [6.45, 7) is 4.40. The van der Waals surface area contributed by atoms with Crippen molar-refractivity contribution in [1.82, 2.24) is 0 Å². The number of para-hydroxylation sites is 1. The molecule has 1 unspecified atom stereocenters. The lowest BCUT2D eigenvalue weighted by molar-refractivity contribution is 0.206. The summed E-state index contributed by atoms with van der Waals surface area (Å²) >= 11 is 0. The summed E-state index contributed by atoms with van der Waals surface area (Å²) in [7, 11) is 0. The molecule has 2 rings (SSSR count). The lowest BCUT2D eigenvalue weighted by atomic mass is 9.96. The molecule has 15 heavy (non-hydrogen) atoms. The second-order valence-electron chi connectivity index (χ2n) is 4.79. The van der Waals surface area contributed by atoms with Crippen molar-refractivity contribution in [3.63, 3.8) is 0 Å². The van der Waals surface area contributed by atoms with Gasteiger partial charge in [-0.25, -0.2) is 0 Å². The van der Waals surface area contributed by atoms with Gasteiger partial charge in [0.1, 0.15) is 0 Å². The van der Waals surface area contributed by atoms with E-state index in [2.05, 4.69) is 31.3 Å². The van der Waals surface area contributed by atoms with Gasteiger partial charge in [-0.2, -0.15) is 0 Å². The van der Waals surface area contributed by atoms with Crippen molar-refractivity contribution in [3.8, 4) is 0 Å². The zero-order valence-corrected chi connectivity index (χ0v) is 9.46. The fourth-order valence-electron chi connectivity index (χ4n) is 2.01. The highest BCUT2D eigenvalue weighted by Crippen LogP contribution is 2.41. The second kappa shape index (κ2) is 3.86. The Labute approximate surface area is 91.3 Å². The molecule has 2 nitrogen and oxygen atoms in total. The van der Waals surface area contributed by atoms with Crippen LogP contribution in [0.1, 0.15) is 25.3 Å². The van der Waals surface area contributed by atoms with Gasteiger partial charge in [0.25, 0.3) is 0 Å². The quantitative estimate of drug-likeness (QED) is 0.791. The van der Waals surface area contributed by atoms with E-state index in [4.69, 9.17) is 0 Å². The molecule has 0 heterocycles. The number of hydrogen-bond acceptors (Lipinski definition) is 2. The molecule has 0 bridgehead atoms. The minimum atomic E-state index is -0.147. The van der Waals surface area contributed by atoms with Gasteiger partial charge >= 0.3 is 0 Å². The molecule has 0 spiro atoms. The molecule has 1 atom stereocenters. The second-order valence-corrected chi connectivity index (χ2v) is 4.79. The van der Waals surface area contributed by atoms with E-state index < -0.39 is 0 Å². The van der Waals surface area contributed by atoms with E-state index in [1.165, 1.54) is 18.4 Å². The Morgan fingerprint density at radius 2 is 2.07 bits per heavy atom. The number of anilines is 1. The third-order valence-corrected chi connectivity index (χ3v) is 3.37. The minimum Gasteiger partial charge on any atom is -0.394 e. The monoisotopic (exact) mass is 205 g/mol. The first-order valence-electron chi connectivity index (χ1n) is 5.60. The van der Waals surface area contributed by atoms with Crippen molar-refractivity contribution in [3.05, 3.63) is 29.8 Å². The number of aliphatic hydroxyl groups excluding tert-OH is 1. The van der Waals surface area contributed by atoms with Crippen LogP contribution >= 0.6 is 0 Å². The maximum absolute atomic E-state index is 9.49. The summed E-state index contributed by atoms with van der Waals surface area (Å²) in [5, 5.41) is 13.0. The SMILES string of the molecule is Cc1ccccc1NC(C)(CO)C1CC1. The van der Waals surface area contributed by atoms with Crippen molar-refractivity contribution in [2.75, 3.05) is 11.9 Å². The van der Waals surface area contributed by atoms with E-state index in [0.717, 1.165) is 5.69 Å². The molecular weight excluding hydrogens is 186 g/mol. The van der Waals surface area contributed by atoms with Gasteiger partial charge in [0.15, 0.2) is 0 Å². The van der Waals surface area contributed by atoms with Crippen molar-refractivity contribution >= 4 is 5.69 Å². The highest BCUT2D eigenvalue weighted by molar-refractivity contribution is 5.52. The molecule has 0 aliphatic heterocycles. The largest absolute Gasteiger partial charge is 0.394 e. The summed E-state index contributed by atoms with van der Waals surface area (Å²) in [6.07, 6.45) is 2.46. The van der Waals surface area contributed by atoms with E-state index >= 15 is 0 Å². The van der Waals surface area contributed by atoms with E-state index in [9.17, 15) is 5.11 Å². The number of hydrogen-bond donors (Lipinski definition) is 2. The average Bonchev–Trinajstić information content (AvgIpc) is 3.05. The Morgan fingerprint density at radius 1 is 1.40 bits per heavy atom. The summed E-state index contributed by atoms with van der Waals surface area (Å²) in [4.78, 5) is 0. The lowest BCUT2D eigenvalue weighted by Crippen LogP contribution is -2.41. The van der Waals surface area contributed by atoms with E-state index in [1.807, 2.05) is 12.1 Å². The van der Waals surface area contributed by atoms with Gasteiger partial charge in [0.05, 0.1) is 12.1 Å². The molecule has 82 valence electrons. The van der Waals surface area contributed by atoms with Crippen LogP contribution in [0.4, 0.5) is 5.69 Å². The predicted molar refractivity (Wildman–Crippen MR) is 63.0 cm³/mol. The third kappa shape index (κ3) is 2.15. The molecule has 1 aliphatic carbocycles. The van der Waals surface area contributed by atoms with Crippen LogP contribution in [0.2, 0.25) is 0 Å². The molecule has 1 fully saturated rings. The molecular formula is C13H19NO.